The van der Waals surface area contributed by atoms with E-state index < -0.39 is 22.7 Å². The Morgan fingerprint density at radius 3 is 2.79 bits per heavy atom. The van der Waals surface area contributed by atoms with Crippen molar-refractivity contribution in [1.29, 1.82) is 0 Å². The highest BCUT2D eigenvalue weighted by atomic mass is 79.9. The molecule has 0 bridgehead atoms. The lowest BCUT2D eigenvalue weighted by Gasteiger charge is -2.11. The molecule has 0 radical (unpaired) electrons. The second-order valence-corrected chi connectivity index (χ2v) is 8.15. The third-order valence-corrected chi connectivity index (χ3v) is 5.28. The highest BCUT2D eigenvalue weighted by Gasteiger charge is 2.21. The number of carboxylic acids is 1. The summed E-state index contributed by atoms with van der Waals surface area (Å²) < 4.78 is 7.10. The van der Waals surface area contributed by atoms with Gasteiger partial charge in [0, 0.05) is 22.5 Å². The Morgan fingerprint density at radius 1 is 1.36 bits per heavy atom. The standard InChI is InChI=1S/C22H21BrN4O6/c1-3-4-5-20-25-17-8-7-15(23)11-16(17)21(28)26(20)24-12-14-6-9-19(18(10-14)27(31)32)33-13(2)22(29)30/h6-13H,3-5H2,1-2H3,(H,29,30)/t13-/m0/s1. The van der Waals surface area contributed by atoms with Crippen LogP contribution in [-0.2, 0) is 11.2 Å². The van der Waals surface area contributed by atoms with Gasteiger partial charge in [-0.1, -0.05) is 29.3 Å². The van der Waals surface area contributed by atoms with Crippen LogP contribution in [0.5, 0.6) is 5.75 Å². The second-order valence-electron chi connectivity index (χ2n) is 7.24. The molecule has 1 aromatic heterocycles. The number of aromatic nitrogens is 2. The smallest absolute Gasteiger partial charge is 0.344 e. The number of carbonyl (C=O) groups is 1. The summed E-state index contributed by atoms with van der Waals surface area (Å²) in [5, 5.41) is 25.1. The topological polar surface area (TPSA) is 137 Å². The molecule has 0 saturated heterocycles. The van der Waals surface area contributed by atoms with E-state index in [1.54, 1.807) is 18.2 Å². The Bertz CT molecular complexity index is 1300. The summed E-state index contributed by atoms with van der Waals surface area (Å²) in [6.07, 6.45) is 2.31. The third-order valence-electron chi connectivity index (χ3n) is 4.78. The van der Waals surface area contributed by atoms with Crippen molar-refractivity contribution < 1.29 is 19.6 Å². The van der Waals surface area contributed by atoms with Crippen molar-refractivity contribution in [2.45, 2.75) is 39.2 Å². The lowest BCUT2D eigenvalue weighted by atomic mass is 10.2. The van der Waals surface area contributed by atoms with E-state index in [2.05, 4.69) is 26.0 Å². The summed E-state index contributed by atoms with van der Waals surface area (Å²) in [4.78, 5) is 39.5. The number of carboxylic acid groups (broad SMARTS) is 1. The fourth-order valence-electron chi connectivity index (χ4n) is 3.03. The zero-order valence-corrected chi connectivity index (χ0v) is 19.5. The lowest BCUT2D eigenvalue weighted by molar-refractivity contribution is -0.386. The van der Waals surface area contributed by atoms with Crippen molar-refractivity contribution in [3.05, 3.63) is 72.7 Å². The maximum atomic E-state index is 13.1. The van der Waals surface area contributed by atoms with Crippen LogP contribution in [0.2, 0.25) is 0 Å². The van der Waals surface area contributed by atoms with Gasteiger partial charge in [-0.2, -0.15) is 9.78 Å². The molecule has 3 aromatic rings. The van der Waals surface area contributed by atoms with Crippen molar-refractivity contribution in [1.82, 2.24) is 9.66 Å². The largest absolute Gasteiger partial charge is 0.479 e. The minimum atomic E-state index is -1.26. The fraction of sp³-hybridized carbons (Fsp3) is 0.273. The van der Waals surface area contributed by atoms with Crippen LogP contribution in [0.25, 0.3) is 10.9 Å². The predicted octanol–water partition coefficient (Wildman–Crippen LogP) is 4.14. The normalized spacial score (nSPS) is 12.2. The SMILES string of the molecule is CCCCc1nc2ccc(Br)cc2c(=O)n1N=Cc1ccc(O[C@@H](C)C(=O)O)c([N+](=O)[O-])c1. The van der Waals surface area contributed by atoms with Crippen LogP contribution in [-0.4, -0.2) is 38.0 Å². The van der Waals surface area contributed by atoms with Gasteiger partial charge in [-0.25, -0.2) is 9.78 Å². The van der Waals surface area contributed by atoms with Crippen LogP contribution < -0.4 is 10.3 Å². The Labute approximate surface area is 196 Å². The van der Waals surface area contributed by atoms with Crippen LogP contribution in [0, 0.1) is 10.1 Å². The molecule has 172 valence electrons. The van der Waals surface area contributed by atoms with Crippen molar-refractivity contribution in [3.8, 4) is 5.75 Å². The van der Waals surface area contributed by atoms with Crippen LogP contribution in [0.4, 0.5) is 5.69 Å². The van der Waals surface area contributed by atoms with E-state index in [1.807, 2.05) is 6.92 Å². The maximum absolute atomic E-state index is 13.1. The number of fused-ring (bicyclic) bond motifs is 1. The zero-order valence-electron chi connectivity index (χ0n) is 17.9. The van der Waals surface area contributed by atoms with E-state index in [4.69, 9.17) is 9.84 Å². The number of nitro groups is 1. The van der Waals surface area contributed by atoms with E-state index in [0.29, 0.717) is 28.7 Å². The van der Waals surface area contributed by atoms with Crippen LogP contribution in [0.3, 0.4) is 0 Å². The first-order valence-corrected chi connectivity index (χ1v) is 10.9. The van der Waals surface area contributed by atoms with Crippen molar-refractivity contribution >= 4 is 44.7 Å². The van der Waals surface area contributed by atoms with Crippen LogP contribution in [0.1, 0.15) is 38.1 Å². The van der Waals surface area contributed by atoms with E-state index >= 15 is 0 Å². The van der Waals surface area contributed by atoms with Gasteiger partial charge in [-0.15, -0.1) is 0 Å². The number of nitrogens with zero attached hydrogens (tertiary/aromatic N) is 4. The number of aliphatic carboxylic acids is 1. The number of aryl methyl sites for hydroxylation is 1. The first kappa shape index (κ1) is 24.1. The minimum absolute atomic E-state index is 0.176. The molecular weight excluding hydrogens is 496 g/mol. The Hall–Kier alpha value is -3.60. The number of benzene rings is 2. The van der Waals surface area contributed by atoms with Gasteiger partial charge < -0.3 is 9.84 Å². The average Bonchev–Trinajstić information content (AvgIpc) is 2.78. The third kappa shape index (κ3) is 5.61. The quantitative estimate of drug-likeness (QED) is 0.256. The summed E-state index contributed by atoms with van der Waals surface area (Å²) in [5.74, 6) is -0.938. The van der Waals surface area contributed by atoms with Crippen molar-refractivity contribution in [3.63, 3.8) is 0 Å². The maximum Gasteiger partial charge on any atom is 0.344 e. The molecule has 11 heteroatoms. The fourth-order valence-corrected chi connectivity index (χ4v) is 3.39. The first-order valence-electron chi connectivity index (χ1n) is 10.1. The molecular formula is C22H21BrN4O6. The van der Waals surface area contributed by atoms with E-state index in [1.165, 1.54) is 36.0 Å². The van der Waals surface area contributed by atoms with E-state index in [9.17, 15) is 19.7 Å². The van der Waals surface area contributed by atoms with Gasteiger partial charge in [-0.3, -0.25) is 14.9 Å². The highest BCUT2D eigenvalue weighted by Crippen LogP contribution is 2.28. The van der Waals surface area contributed by atoms with Gasteiger partial charge in [0.2, 0.25) is 0 Å². The van der Waals surface area contributed by atoms with Gasteiger partial charge in [0.15, 0.2) is 11.9 Å². The second kappa shape index (κ2) is 10.3. The predicted molar refractivity (Wildman–Crippen MR) is 126 cm³/mol. The molecule has 2 aromatic carbocycles. The average molecular weight is 517 g/mol. The molecule has 1 atom stereocenters. The summed E-state index contributed by atoms with van der Waals surface area (Å²) in [5.41, 5.74) is 0.129. The van der Waals surface area contributed by atoms with E-state index in [0.717, 1.165) is 17.3 Å². The molecule has 0 saturated carbocycles. The number of hydrogen-bond acceptors (Lipinski definition) is 7. The van der Waals surface area contributed by atoms with Crippen LogP contribution >= 0.6 is 15.9 Å². The molecule has 1 N–H and O–H groups in total. The molecule has 10 nitrogen and oxygen atoms in total. The Balaban J connectivity index is 2.04. The number of ether oxygens (including phenoxy) is 1. The number of unbranched alkanes of at least 4 members (excludes halogenated alkanes) is 1. The Kier molecular flexibility index (Phi) is 7.54. The molecule has 0 unspecified atom stereocenters. The van der Waals surface area contributed by atoms with Gasteiger partial charge in [-0.05, 0) is 43.7 Å². The molecule has 1 heterocycles. The summed E-state index contributed by atoms with van der Waals surface area (Å²) >= 11 is 3.35. The lowest BCUT2D eigenvalue weighted by Crippen LogP contribution is -2.23. The van der Waals surface area contributed by atoms with E-state index in [-0.39, 0.29) is 11.3 Å². The molecule has 0 amide bonds. The van der Waals surface area contributed by atoms with Gasteiger partial charge in [0.1, 0.15) is 5.82 Å². The molecule has 0 spiro atoms. The van der Waals surface area contributed by atoms with Gasteiger partial charge in [0.25, 0.3) is 5.56 Å². The minimum Gasteiger partial charge on any atom is -0.479 e. The first-order chi connectivity index (χ1) is 15.7. The monoisotopic (exact) mass is 516 g/mol. The molecule has 0 aliphatic heterocycles. The molecule has 0 aliphatic rings. The molecule has 33 heavy (non-hydrogen) atoms. The van der Waals surface area contributed by atoms with Gasteiger partial charge >= 0.3 is 11.7 Å². The number of hydrogen-bond donors (Lipinski definition) is 1. The summed E-state index contributed by atoms with van der Waals surface area (Å²) in [6, 6.07) is 9.22. The van der Waals surface area contributed by atoms with Gasteiger partial charge in [0.05, 0.1) is 22.0 Å². The zero-order chi connectivity index (χ0) is 24.1. The number of rotatable bonds is 9. The Morgan fingerprint density at radius 2 is 2.12 bits per heavy atom. The molecule has 0 fully saturated rings. The van der Waals surface area contributed by atoms with Crippen molar-refractivity contribution in [2.75, 3.05) is 0 Å². The van der Waals surface area contributed by atoms with Crippen molar-refractivity contribution in [2.24, 2.45) is 5.10 Å². The molecule has 3 rings (SSSR count). The summed E-state index contributed by atoms with van der Waals surface area (Å²) in [6.45, 7) is 3.30. The highest BCUT2D eigenvalue weighted by molar-refractivity contribution is 9.10. The number of halogens is 1. The molecule has 0 aliphatic carbocycles. The number of nitro benzene ring substituents is 1. The van der Waals surface area contributed by atoms with Crippen LogP contribution in [0.15, 0.2) is 50.8 Å². The summed E-state index contributed by atoms with van der Waals surface area (Å²) in [7, 11) is 0.